The van der Waals surface area contributed by atoms with E-state index in [1.807, 2.05) is 0 Å². The van der Waals surface area contributed by atoms with Crippen molar-refractivity contribution in [3.8, 4) is 0 Å². The maximum Gasteiger partial charge on any atom is 0.327 e. The standard InChI is InChI=1S/C113H211N2O22P/c1-9-16-23-30-37-44-46-48-50-57-64-71-77-84-101(120)130-94(81-74-67-60-53-40-33-26-19-12-4)88-99(118)114-106-110(136-105(124)90-96(83-76-69-62-55-42-35-28-21-14-6)132-103(122)86-79-70-63-56-43-36-29-22-15-7)108(125)97(91-116)133-112(106)129-92-98-109(126)111(135-104(123)87-93(117)80-73-66-59-52-39-32-25-18-11-3)107(113(134-98)137-138(8,127)128)115-100(119)89-95(82-75-68-61-54-41-34-27-20-13-5)131-102(121)85-78-72-65-58-51-49-47-45-38-31-24-17-10-2/h44,46,93-98,106-113,116-117,125-126H,9-43,45,47-92H2,1-8H3,(H,114,118)(H,115,119)(H,127,128)/b46-44-/t93?,94?,95?,96?,97?,98?,106?,107?,108?,109-,110-,111-,112-,113?/m1/s1. The predicted molar refractivity (Wildman–Crippen MR) is 557 cm³/mol. The number of hydrogen-bond acceptors (Lipinski definition) is 21. The van der Waals surface area contributed by atoms with Crippen LogP contribution in [0.2, 0.25) is 0 Å². The van der Waals surface area contributed by atoms with Crippen LogP contribution in [0.1, 0.15) is 562 Å². The van der Waals surface area contributed by atoms with Crippen LogP contribution < -0.4 is 10.6 Å². The van der Waals surface area contributed by atoms with Crippen LogP contribution in [-0.2, 0) is 80.5 Å². The van der Waals surface area contributed by atoms with E-state index in [0.717, 1.165) is 251 Å². The van der Waals surface area contributed by atoms with Crippen molar-refractivity contribution in [3.63, 3.8) is 0 Å². The van der Waals surface area contributed by atoms with Gasteiger partial charge in [0.15, 0.2) is 24.8 Å². The van der Waals surface area contributed by atoms with E-state index < -0.39 is 167 Å². The lowest BCUT2D eigenvalue weighted by atomic mass is 9.95. The van der Waals surface area contributed by atoms with E-state index in [2.05, 4.69) is 71.3 Å². The Bertz CT molecular complexity index is 2980. The molecule has 0 radical (unpaired) electrons. The van der Waals surface area contributed by atoms with Crippen LogP contribution in [0.3, 0.4) is 0 Å². The minimum absolute atomic E-state index is 0.141. The molecule has 0 aromatic rings. The Hall–Kier alpha value is -4.10. The first-order chi connectivity index (χ1) is 67.1. The number of esters is 5. The third-order valence-electron chi connectivity index (χ3n) is 27.6. The number of ether oxygens (including phenoxy) is 8. The average Bonchev–Trinajstić information content (AvgIpc) is 0.780. The smallest absolute Gasteiger partial charge is 0.327 e. The van der Waals surface area contributed by atoms with Gasteiger partial charge >= 0.3 is 37.4 Å². The second kappa shape index (κ2) is 90.4. The summed E-state index contributed by atoms with van der Waals surface area (Å²) in [6, 6.07) is -3.42. The molecular formula is C113H211N2O22P. The molecule has 15 atom stereocenters. The molecule has 2 rings (SSSR count). The lowest BCUT2D eigenvalue weighted by Crippen LogP contribution is -2.67. The summed E-state index contributed by atoms with van der Waals surface area (Å²) in [5.74, 6) is -4.75. The molecule has 810 valence electrons. The molecule has 2 amide bonds. The predicted octanol–water partition coefficient (Wildman–Crippen LogP) is 27.8. The van der Waals surface area contributed by atoms with Gasteiger partial charge in [-0.1, -0.05) is 439 Å². The van der Waals surface area contributed by atoms with Crippen LogP contribution in [0.25, 0.3) is 0 Å². The highest BCUT2D eigenvalue weighted by Crippen LogP contribution is 2.42. The second-order valence-corrected chi connectivity index (χ2v) is 42.9. The first-order valence-electron chi connectivity index (χ1n) is 57.8. The Morgan fingerprint density at radius 1 is 0.326 bits per heavy atom. The largest absolute Gasteiger partial charge is 0.462 e. The first kappa shape index (κ1) is 130. The van der Waals surface area contributed by atoms with Crippen molar-refractivity contribution in [1.29, 1.82) is 0 Å². The van der Waals surface area contributed by atoms with Crippen LogP contribution in [-0.4, -0.2) is 173 Å². The molecule has 0 aromatic heterocycles. The van der Waals surface area contributed by atoms with Crippen molar-refractivity contribution in [1.82, 2.24) is 10.6 Å². The summed E-state index contributed by atoms with van der Waals surface area (Å²) < 4.78 is 70.1. The molecule has 2 heterocycles. The molecule has 0 aromatic carbocycles. The van der Waals surface area contributed by atoms with Gasteiger partial charge in [-0.15, -0.1) is 0 Å². The molecule has 24 nitrogen and oxygen atoms in total. The third kappa shape index (κ3) is 72.2. The van der Waals surface area contributed by atoms with Crippen molar-refractivity contribution >= 4 is 49.3 Å². The fraction of sp³-hybridized carbons (Fsp3) is 0.920. The lowest BCUT2D eigenvalue weighted by Gasteiger charge is -2.46. The summed E-state index contributed by atoms with van der Waals surface area (Å²) in [6.07, 6.45) is 58.5. The minimum atomic E-state index is -4.68. The number of nitrogens with one attached hydrogen (secondary N) is 2. The van der Waals surface area contributed by atoms with Gasteiger partial charge in [0.2, 0.25) is 11.8 Å². The Morgan fingerprint density at radius 3 is 0.891 bits per heavy atom. The summed E-state index contributed by atoms with van der Waals surface area (Å²) in [5.41, 5.74) is 0. The molecule has 11 unspecified atom stereocenters. The van der Waals surface area contributed by atoms with Gasteiger partial charge in [0.05, 0.1) is 45.0 Å². The number of carbonyl (C=O) groups excluding carboxylic acids is 7. The van der Waals surface area contributed by atoms with Crippen molar-refractivity contribution < 1.29 is 106 Å². The van der Waals surface area contributed by atoms with E-state index in [0.29, 0.717) is 64.2 Å². The number of carbonyl (C=O) groups is 7. The van der Waals surface area contributed by atoms with E-state index in [1.54, 1.807) is 0 Å². The van der Waals surface area contributed by atoms with Gasteiger partial charge in [-0.25, -0.2) is 0 Å². The van der Waals surface area contributed by atoms with Crippen molar-refractivity contribution in [2.45, 2.75) is 648 Å². The summed E-state index contributed by atoms with van der Waals surface area (Å²) in [4.78, 5) is 113. The maximum atomic E-state index is 15.2. The number of amides is 2. The normalized spacial score (nSPS) is 19.7. The number of aliphatic hydroxyl groups excluding tert-OH is 4. The molecule has 0 saturated carbocycles. The van der Waals surface area contributed by atoms with Crippen LogP contribution in [0.5, 0.6) is 0 Å². The van der Waals surface area contributed by atoms with Crippen LogP contribution >= 0.6 is 7.60 Å². The quantitative estimate of drug-likeness (QED) is 0.00978. The molecule has 0 aliphatic carbocycles. The number of hydrogen-bond donors (Lipinski definition) is 7. The molecule has 138 heavy (non-hydrogen) atoms. The van der Waals surface area contributed by atoms with Crippen molar-refractivity contribution in [2.75, 3.05) is 19.9 Å². The molecule has 2 aliphatic heterocycles. The zero-order valence-corrected chi connectivity index (χ0v) is 90.2. The van der Waals surface area contributed by atoms with Crippen LogP contribution in [0, 0.1) is 0 Å². The van der Waals surface area contributed by atoms with Gasteiger partial charge in [0.1, 0.15) is 54.8 Å². The highest BCUT2D eigenvalue weighted by Gasteiger charge is 2.53. The molecule has 25 heteroatoms. The SMILES string of the molecule is CCCCCC/C=C\CCCCCCCC(=O)OC(CCCCCCCCCCC)CC(=O)NC1[C@H](OCC2OC(OP(C)(=O)O)C(NC(=O)CC(CCCCCCCCCCC)OC(=O)CCCCCCCCCCCCCCC)[C@@H](OC(=O)CC(O)CCCCCCCCCCC)[C@@H]2O)OC(CO)C(O)[C@@H]1OC(=O)CC(CCCCCCCCCCC)OC(=O)CCCCCCCCCCC. The van der Waals surface area contributed by atoms with Gasteiger partial charge in [0.25, 0.3) is 0 Å². The van der Waals surface area contributed by atoms with Crippen molar-refractivity contribution in [2.24, 2.45) is 0 Å². The Balaban J connectivity index is 2.83. The second-order valence-electron chi connectivity index (χ2n) is 41.1. The molecule has 0 spiro atoms. The fourth-order valence-electron chi connectivity index (χ4n) is 19.0. The fourth-order valence-corrected chi connectivity index (χ4v) is 19.6. The summed E-state index contributed by atoms with van der Waals surface area (Å²) >= 11 is 0. The molecule has 0 bridgehead atoms. The molecular weight excluding hydrogens is 1770 g/mol. The van der Waals surface area contributed by atoms with E-state index >= 15 is 4.79 Å². The van der Waals surface area contributed by atoms with Crippen LogP contribution in [0.4, 0.5) is 0 Å². The van der Waals surface area contributed by atoms with Gasteiger partial charge in [0, 0.05) is 25.9 Å². The van der Waals surface area contributed by atoms with Gasteiger partial charge in [-0.2, -0.15) is 0 Å². The van der Waals surface area contributed by atoms with E-state index in [-0.39, 0.29) is 32.1 Å². The van der Waals surface area contributed by atoms with Gasteiger partial charge in [-0.05, 0) is 89.9 Å². The maximum absolute atomic E-state index is 15.2. The number of allylic oxidation sites excluding steroid dienone is 2. The highest BCUT2D eigenvalue weighted by molar-refractivity contribution is 7.51. The molecule has 2 aliphatic rings. The Kier molecular flexibility index (Phi) is 85.2. The summed E-state index contributed by atoms with van der Waals surface area (Å²) in [5, 5.41) is 53.7. The van der Waals surface area contributed by atoms with E-state index in [1.165, 1.54) is 154 Å². The minimum Gasteiger partial charge on any atom is -0.462 e. The average molecular weight is 1980 g/mol. The zero-order valence-electron chi connectivity index (χ0n) is 89.3. The topological polar surface area (TPSA) is 345 Å². The number of unbranched alkanes of at least 4 members (excludes halogenated alkanes) is 61. The molecule has 2 saturated heterocycles. The number of rotatable bonds is 98. The van der Waals surface area contributed by atoms with E-state index in [9.17, 15) is 58.7 Å². The Morgan fingerprint density at radius 2 is 0.580 bits per heavy atom. The summed E-state index contributed by atoms with van der Waals surface area (Å²) in [6.45, 7) is 14.6. The third-order valence-corrected chi connectivity index (χ3v) is 28.2. The van der Waals surface area contributed by atoms with Gasteiger partial charge in [-0.3, -0.25) is 42.7 Å². The van der Waals surface area contributed by atoms with Gasteiger partial charge < -0.3 is 73.8 Å². The lowest BCUT2D eigenvalue weighted by molar-refractivity contribution is -0.297. The van der Waals surface area contributed by atoms with E-state index in [4.69, 9.17) is 42.4 Å². The summed E-state index contributed by atoms with van der Waals surface area (Å²) in [7, 11) is -4.68. The Labute approximate surface area is 841 Å². The monoisotopic (exact) mass is 1980 g/mol. The molecule has 7 N–H and O–H groups in total. The first-order valence-corrected chi connectivity index (χ1v) is 59.9. The molecule has 2 fully saturated rings. The zero-order chi connectivity index (χ0) is 101. The van der Waals surface area contributed by atoms with Crippen LogP contribution in [0.15, 0.2) is 12.2 Å². The number of aliphatic hydroxyl groups is 4. The highest BCUT2D eigenvalue weighted by atomic mass is 31.2. The van der Waals surface area contributed by atoms with Crippen molar-refractivity contribution in [3.05, 3.63) is 12.2 Å².